The number of aryl methyl sites for hydroxylation is 1. The molecule has 5 heteroatoms. The highest BCUT2D eigenvalue weighted by Crippen LogP contribution is 2.23. The first-order chi connectivity index (χ1) is 8.70. The van der Waals surface area contributed by atoms with Crippen LogP contribution < -0.4 is 0 Å². The molecule has 0 saturated heterocycles. The van der Waals surface area contributed by atoms with Gasteiger partial charge in [0.15, 0.2) is 0 Å². The predicted octanol–water partition coefficient (Wildman–Crippen LogP) is 3.30. The van der Waals surface area contributed by atoms with Gasteiger partial charge in [-0.3, -0.25) is 4.90 Å². The van der Waals surface area contributed by atoms with Crippen LogP contribution in [0.25, 0.3) is 0 Å². The van der Waals surface area contributed by atoms with Crippen molar-refractivity contribution in [1.82, 2.24) is 4.90 Å². The van der Waals surface area contributed by atoms with Crippen LogP contribution in [0.1, 0.15) is 31.1 Å². The quantitative estimate of drug-likeness (QED) is 0.891. The molecule has 0 radical (unpaired) electrons. The molecule has 0 bridgehead atoms. The van der Waals surface area contributed by atoms with E-state index in [-0.39, 0.29) is 12.6 Å². The largest absolute Gasteiger partial charge is 0.401 e. The van der Waals surface area contributed by atoms with Gasteiger partial charge in [-0.1, -0.05) is 24.3 Å². The zero-order chi connectivity index (χ0) is 14.6. The molecule has 1 aromatic carbocycles. The summed E-state index contributed by atoms with van der Waals surface area (Å²) in [5, 5.41) is 10.1. The van der Waals surface area contributed by atoms with E-state index in [4.69, 9.17) is 0 Å². The maximum absolute atomic E-state index is 12.5. The van der Waals surface area contributed by atoms with E-state index in [0.717, 1.165) is 5.56 Å². The van der Waals surface area contributed by atoms with Gasteiger partial charge in [0.25, 0.3) is 0 Å². The van der Waals surface area contributed by atoms with Crippen molar-refractivity contribution in [1.29, 1.82) is 0 Å². The van der Waals surface area contributed by atoms with Crippen LogP contribution in [-0.4, -0.2) is 35.3 Å². The summed E-state index contributed by atoms with van der Waals surface area (Å²) >= 11 is 0. The van der Waals surface area contributed by atoms with E-state index in [1.165, 1.54) is 4.90 Å². The van der Waals surface area contributed by atoms with Crippen molar-refractivity contribution in [3.63, 3.8) is 0 Å². The summed E-state index contributed by atoms with van der Waals surface area (Å²) in [6.45, 7) is 4.18. The summed E-state index contributed by atoms with van der Waals surface area (Å²) in [5.41, 5.74) is 1.56. The SMILES string of the molecule is Cc1ccccc1C(O)CN(CC(F)(F)F)C(C)C. The van der Waals surface area contributed by atoms with E-state index < -0.39 is 18.8 Å². The topological polar surface area (TPSA) is 23.5 Å². The number of aliphatic hydroxyl groups is 1. The minimum absolute atomic E-state index is 0.0258. The van der Waals surface area contributed by atoms with Gasteiger partial charge in [0, 0.05) is 12.6 Å². The van der Waals surface area contributed by atoms with E-state index in [9.17, 15) is 18.3 Å². The highest BCUT2D eigenvalue weighted by atomic mass is 19.4. The second-order valence-corrected chi connectivity index (χ2v) is 5.01. The van der Waals surface area contributed by atoms with E-state index in [1.807, 2.05) is 19.1 Å². The Morgan fingerprint density at radius 2 is 1.79 bits per heavy atom. The highest BCUT2D eigenvalue weighted by Gasteiger charge is 2.32. The first kappa shape index (κ1) is 16.0. The molecule has 0 aliphatic carbocycles. The molecule has 1 rings (SSSR count). The Morgan fingerprint density at radius 1 is 1.21 bits per heavy atom. The van der Waals surface area contributed by atoms with Crippen molar-refractivity contribution in [2.45, 2.75) is 39.1 Å². The molecule has 0 aromatic heterocycles. The van der Waals surface area contributed by atoms with Crippen LogP contribution in [0.15, 0.2) is 24.3 Å². The number of hydrogen-bond acceptors (Lipinski definition) is 2. The number of alkyl halides is 3. The van der Waals surface area contributed by atoms with Gasteiger partial charge in [0.1, 0.15) is 0 Å². The van der Waals surface area contributed by atoms with Gasteiger partial charge in [-0.25, -0.2) is 0 Å². The molecule has 0 aliphatic rings. The van der Waals surface area contributed by atoms with Gasteiger partial charge >= 0.3 is 6.18 Å². The molecule has 108 valence electrons. The van der Waals surface area contributed by atoms with E-state index in [0.29, 0.717) is 5.56 Å². The van der Waals surface area contributed by atoms with E-state index in [1.54, 1.807) is 26.0 Å². The average Bonchev–Trinajstić information content (AvgIpc) is 2.26. The van der Waals surface area contributed by atoms with Crippen molar-refractivity contribution in [2.75, 3.05) is 13.1 Å². The van der Waals surface area contributed by atoms with Gasteiger partial charge in [-0.15, -0.1) is 0 Å². The normalized spacial score (nSPS) is 14.2. The average molecular weight is 275 g/mol. The van der Waals surface area contributed by atoms with Crippen molar-refractivity contribution in [3.8, 4) is 0 Å². The number of benzene rings is 1. The number of nitrogens with zero attached hydrogens (tertiary/aromatic N) is 1. The molecule has 1 aromatic rings. The molecule has 0 heterocycles. The first-order valence-electron chi connectivity index (χ1n) is 6.25. The number of aliphatic hydroxyl groups excluding tert-OH is 1. The molecular weight excluding hydrogens is 255 g/mol. The van der Waals surface area contributed by atoms with Crippen molar-refractivity contribution in [2.24, 2.45) is 0 Å². The summed E-state index contributed by atoms with van der Waals surface area (Å²) in [4.78, 5) is 1.23. The van der Waals surface area contributed by atoms with Gasteiger partial charge in [-0.2, -0.15) is 13.2 Å². The van der Waals surface area contributed by atoms with Gasteiger partial charge in [0.05, 0.1) is 12.6 Å². The molecule has 0 spiro atoms. The molecule has 1 unspecified atom stereocenters. The van der Waals surface area contributed by atoms with E-state index >= 15 is 0 Å². The number of halogens is 3. The third-order valence-electron chi connectivity index (χ3n) is 3.07. The summed E-state index contributed by atoms with van der Waals surface area (Å²) in [7, 11) is 0. The maximum Gasteiger partial charge on any atom is 0.401 e. The lowest BCUT2D eigenvalue weighted by Crippen LogP contribution is -2.41. The molecule has 0 fully saturated rings. The highest BCUT2D eigenvalue weighted by molar-refractivity contribution is 5.27. The molecule has 2 nitrogen and oxygen atoms in total. The monoisotopic (exact) mass is 275 g/mol. The second-order valence-electron chi connectivity index (χ2n) is 5.01. The standard InChI is InChI=1S/C14H20F3NO/c1-10(2)18(9-14(15,16)17)8-13(19)12-7-5-4-6-11(12)3/h4-7,10,13,19H,8-9H2,1-3H3. The van der Waals surface area contributed by atoms with Gasteiger partial charge in [-0.05, 0) is 31.9 Å². The Balaban J connectivity index is 2.77. The fourth-order valence-corrected chi connectivity index (χ4v) is 1.97. The molecule has 1 atom stereocenters. The lowest BCUT2D eigenvalue weighted by atomic mass is 10.0. The summed E-state index contributed by atoms with van der Waals surface area (Å²) < 4.78 is 37.4. The Morgan fingerprint density at radius 3 is 2.26 bits per heavy atom. The molecule has 0 aliphatic heterocycles. The number of rotatable bonds is 5. The van der Waals surface area contributed by atoms with Crippen LogP contribution in [0.5, 0.6) is 0 Å². The maximum atomic E-state index is 12.5. The number of hydrogen-bond donors (Lipinski definition) is 1. The van der Waals surface area contributed by atoms with Crippen LogP contribution in [0.3, 0.4) is 0 Å². The summed E-state index contributed by atoms with van der Waals surface area (Å²) in [6, 6.07) is 6.91. The van der Waals surface area contributed by atoms with E-state index in [2.05, 4.69) is 0 Å². The third-order valence-corrected chi connectivity index (χ3v) is 3.07. The molecule has 0 saturated carbocycles. The fraction of sp³-hybridized carbons (Fsp3) is 0.571. The van der Waals surface area contributed by atoms with Gasteiger partial charge < -0.3 is 5.11 Å². The Labute approximate surface area is 111 Å². The zero-order valence-corrected chi connectivity index (χ0v) is 11.4. The second kappa shape index (κ2) is 6.39. The third kappa shape index (κ3) is 5.20. The molecule has 19 heavy (non-hydrogen) atoms. The molecule has 0 amide bonds. The van der Waals surface area contributed by atoms with Crippen LogP contribution in [0.4, 0.5) is 13.2 Å². The van der Waals surface area contributed by atoms with Gasteiger partial charge in [0.2, 0.25) is 0 Å². The zero-order valence-electron chi connectivity index (χ0n) is 11.4. The van der Waals surface area contributed by atoms with Crippen LogP contribution in [-0.2, 0) is 0 Å². The molecule has 1 N–H and O–H groups in total. The van der Waals surface area contributed by atoms with Crippen molar-refractivity contribution < 1.29 is 18.3 Å². The summed E-state index contributed by atoms with van der Waals surface area (Å²) in [5.74, 6) is 0. The fourth-order valence-electron chi connectivity index (χ4n) is 1.97. The minimum atomic E-state index is -4.25. The lowest BCUT2D eigenvalue weighted by Gasteiger charge is -2.30. The first-order valence-corrected chi connectivity index (χ1v) is 6.25. The Kier molecular flexibility index (Phi) is 5.38. The smallest absolute Gasteiger partial charge is 0.387 e. The van der Waals surface area contributed by atoms with Crippen LogP contribution >= 0.6 is 0 Å². The van der Waals surface area contributed by atoms with Crippen molar-refractivity contribution in [3.05, 3.63) is 35.4 Å². The Hall–Kier alpha value is -1.07. The minimum Gasteiger partial charge on any atom is -0.387 e. The van der Waals surface area contributed by atoms with Crippen LogP contribution in [0, 0.1) is 6.92 Å². The predicted molar refractivity (Wildman–Crippen MR) is 68.9 cm³/mol. The lowest BCUT2D eigenvalue weighted by molar-refractivity contribution is -0.152. The van der Waals surface area contributed by atoms with Crippen molar-refractivity contribution >= 4 is 0 Å². The molecular formula is C14H20F3NO. The Bertz CT molecular complexity index is 404. The van der Waals surface area contributed by atoms with Crippen LogP contribution in [0.2, 0.25) is 0 Å². The summed E-state index contributed by atoms with van der Waals surface area (Å²) in [6.07, 6.45) is -5.17.